The van der Waals surface area contributed by atoms with Gasteiger partial charge < -0.3 is 9.15 Å². The van der Waals surface area contributed by atoms with Gasteiger partial charge >= 0.3 is 0 Å². The molecule has 0 aliphatic heterocycles. The van der Waals surface area contributed by atoms with Crippen LogP contribution in [0.3, 0.4) is 0 Å². The number of fused-ring (bicyclic) bond motifs is 2. The standard InChI is InChI=1S/C15H16O3/c1-9-6-7-12-11(8-9)14(16)10-4-3-5-13(17-2)15(10)18-12/h3-5,9H,6-8H2,1-2H3. The molecular formula is C15H16O3. The maximum Gasteiger partial charge on any atom is 0.196 e. The summed E-state index contributed by atoms with van der Waals surface area (Å²) in [7, 11) is 1.59. The molecular weight excluding hydrogens is 228 g/mol. The number of methoxy groups -OCH3 is 1. The lowest BCUT2D eigenvalue weighted by Crippen LogP contribution is -2.20. The van der Waals surface area contributed by atoms with Crippen molar-refractivity contribution in [1.29, 1.82) is 0 Å². The first-order chi connectivity index (χ1) is 8.70. The van der Waals surface area contributed by atoms with Crippen LogP contribution < -0.4 is 10.2 Å². The smallest absolute Gasteiger partial charge is 0.196 e. The van der Waals surface area contributed by atoms with Crippen molar-refractivity contribution in [2.24, 2.45) is 5.92 Å². The number of ether oxygens (including phenoxy) is 1. The van der Waals surface area contributed by atoms with E-state index >= 15 is 0 Å². The molecule has 1 aliphatic rings. The molecule has 1 aromatic heterocycles. The van der Waals surface area contributed by atoms with Gasteiger partial charge in [-0.25, -0.2) is 0 Å². The maximum absolute atomic E-state index is 12.5. The normalized spacial score (nSPS) is 18.7. The van der Waals surface area contributed by atoms with Crippen LogP contribution in [0.2, 0.25) is 0 Å². The van der Waals surface area contributed by atoms with Crippen LogP contribution in [-0.4, -0.2) is 7.11 Å². The highest BCUT2D eigenvalue weighted by Crippen LogP contribution is 2.30. The average Bonchev–Trinajstić information content (AvgIpc) is 2.39. The van der Waals surface area contributed by atoms with E-state index in [1.165, 1.54) is 0 Å². The molecule has 0 saturated heterocycles. The number of hydrogen-bond donors (Lipinski definition) is 0. The molecule has 2 aromatic rings. The van der Waals surface area contributed by atoms with Crippen molar-refractivity contribution in [3.8, 4) is 5.75 Å². The average molecular weight is 244 g/mol. The molecule has 18 heavy (non-hydrogen) atoms. The lowest BCUT2D eigenvalue weighted by atomic mass is 9.88. The van der Waals surface area contributed by atoms with Gasteiger partial charge in [-0.1, -0.05) is 13.0 Å². The van der Waals surface area contributed by atoms with Crippen molar-refractivity contribution in [2.45, 2.75) is 26.2 Å². The van der Waals surface area contributed by atoms with Gasteiger partial charge in [0.2, 0.25) is 0 Å². The molecule has 1 atom stereocenters. The van der Waals surface area contributed by atoms with E-state index in [4.69, 9.17) is 9.15 Å². The van der Waals surface area contributed by atoms with E-state index in [2.05, 4.69) is 6.92 Å². The van der Waals surface area contributed by atoms with Gasteiger partial charge in [0.1, 0.15) is 5.76 Å². The van der Waals surface area contributed by atoms with E-state index in [0.29, 0.717) is 22.6 Å². The molecule has 3 rings (SSSR count). The van der Waals surface area contributed by atoms with Crippen LogP contribution in [-0.2, 0) is 12.8 Å². The van der Waals surface area contributed by atoms with Crippen LogP contribution in [0, 0.1) is 5.92 Å². The van der Waals surface area contributed by atoms with Crippen LogP contribution in [0.4, 0.5) is 0 Å². The fraction of sp³-hybridized carbons (Fsp3) is 0.400. The molecule has 0 radical (unpaired) electrons. The Hall–Kier alpha value is -1.77. The zero-order valence-electron chi connectivity index (χ0n) is 10.7. The number of aryl methyl sites for hydroxylation is 1. The Bertz CT molecular complexity index is 655. The molecule has 1 aromatic carbocycles. The summed E-state index contributed by atoms with van der Waals surface area (Å²) in [6, 6.07) is 5.46. The highest BCUT2D eigenvalue weighted by molar-refractivity contribution is 5.83. The van der Waals surface area contributed by atoms with Crippen molar-refractivity contribution in [3.63, 3.8) is 0 Å². The third kappa shape index (κ3) is 1.62. The Balaban J connectivity index is 2.34. The zero-order valence-corrected chi connectivity index (χ0v) is 10.7. The number of hydrogen-bond acceptors (Lipinski definition) is 3. The molecule has 1 unspecified atom stereocenters. The van der Waals surface area contributed by atoms with Crippen molar-refractivity contribution < 1.29 is 9.15 Å². The van der Waals surface area contributed by atoms with E-state index in [1.807, 2.05) is 18.2 Å². The first-order valence-corrected chi connectivity index (χ1v) is 6.32. The molecule has 0 fully saturated rings. The molecule has 0 bridgehead atoms. The zero-order chi connectivity index (χ0) is 12.7. The first-order valence-electron chi connectivity index (χ1n) is 6.32. The Morgan fingerprint density at radius 1 is 1.39 bits per heavy atom. The van der Waals surface area contributed by atoms with Crippen molar-refractivity contribution >= 4 is 11.0 Å². The van der Waals surface area contributed by atoms with Gasteiger partial charge in [0.25, 0.3) is 0 Å². The van der Waals surface area contributed by atoms with Gasteiger partial charge in [-0.05, 0) is 30.9 Å². The minimum Gasteiger partial charge on any atom is -0.493 e. The van der Waals surface area contributed by atoms with E-state index in [-0.39, 0.29) is 5.43 Å². The monoisotopic (exact) mass is 244 g/mol. The topological polar surface area (TPSA) is 39.4 Å². The summed E-state index contributed by atoms with van der Waals surface area (Å²) in [5.41, 5.74) is 1.55. The number of benzene rings is 1. The van der Waals surface area contributed by atoms with E-state index in [9.17, 15) is 4.79 Å². The third-order valence-corrected chi connectivity index (χ3v) is 3.70. The largest absolute Gasteiger partial charge is 0.493 e. The summed E-state index contributed by atoms with van der Waals surface area (Å²) in [6.45, 7) is 2.18. The van der Waals surface area contributed by atoms with Gasteiger partial charge in [-0.3, -0.25) is 4.79 Å². The molecule has 94 valence electrons. The molecule has 0 amide bonds. The van der Waals surface area contributed by atoms with Crippen LogP contribution in [0.25, 0.3) is 11.0 Å². The summed E-state index contributed by atoms with van der Waals surface area (Å²) in [4.78, 5) is 12.5. The molecule has 0 N–H and O–H groups in total. The second-order valence-corrected chi connectivity index (χ2v) is 5.02. The lowest BCUT2D eigenvalue weighted by molar-refractivity contribution is 0.392. The fourth-order valence-corrected chi connectivity index (χ4v) is 2.67. The van der Waals surface area contributed by atoms with E-state index in [1.54, 1.807) is 7.11 Å². The minimum absolute atomic E-state index is 0.108. The van der Waals surface area contributed by atoms with Gasteiger partial charge in [-0.15, -0.1) is 0 Å². The maximum atomic E-state index is 12.5. The summed E-state index contributed by atoms with van der Waals surface area (Å²) in [6.07, 6.45) is 2.75. The van der Waals surface area contributed by atoms with Gasteiger partial charge in [0.15, 0.2) is 16.8 Å². The molecule has 3 heteroatoms. The Kier molecular flexibility index (Phi) is 2.62. The van der Waals surface area contributed by atoms with E-state index < -0.39 is 0 Å². The SMILES string of the molecule is COc1cccc2c(=O)c3c(oc12)CCC(C)C3. The van der Waals surface area contributed by atoms with Crippen LogP contribution in [0.15, 0.2) is 27.4 Å². The number of rotatable bonds is 1. The van der Waals surface area contributed by atoms with Gasteiger partial charge in [-0.2, -0.15) is 0 Å². The van der Waals surface area contributed by atoms with Crippen LogP contribution >= 0.6 is 0 Å². The molecule has 0 saturated carbocycles. The highest BCUT2D eigenvalue weighted by atomic mass is 16.5. The van der Waals surface area contributed by atoms with Gasteiger partial charge in [0, 0.05) is 12.0 Å². The fourth-order valence-electron chi connectivity index (χ4n) is 2.67. The molecule has 3 nitrogen and oxygen atoms in total. The Morgan fingerprint density at radius 3 is 3.00 bits per heavy atom. The highest BCUT2D eigenvalue weighted by Gasteiger charge is 2.22. The van der Waals surface area contributed by atoms with Crippen molar-refractivity contribution in [2.75, 3.05) is 7.11 Å². The second kappa shape index (κ2) is 4.16. The first kappa shape index (κ1) is 11.3. The summed E-state index contributed by atoms with van der Waals surface area (Å²) >= 11 is 0. The Labute approximate surface area is 105 Å². The van der Waals surface area contributed by atoms with Crippen LogP contribution in [0.1, 0.15) is 24.7 Å². The quantitative estimate of drug-likeness (QED) is 0.774. The molecule has 1 aliphatic carbocycles. The van der Waals surface area contributed by atoms with E-state index in [0.717, 1.165) is 30.6 Å². The molecule has 0 spiro atoms. The summed E-state index contributed by atoms with van der Waals surface area (Å²) in [5.74, 6) is 2.03. The molecule has 1 heterocycles. The second-order valence-electron chi connectivity index (χ2n) is 5.02. The van der Waals surface area contributed by atoms with Crippen LogP contribution in [0.5, 0.6) is 5.75 Å². The predicted octanol–water partition coefficient (Wildman–Crippen LogP) is 2.93. The Morgan fingerprint density at radius 2 is 2.22 bits per heavy atom. The number of para-hydroxylation sites is 1. The lowest BCUT2D eigenvalue weighted by Gasteiger charge is -2.20. The van der Waals surface area contributed by atoms with Gasteiger partial charge in [0.05, 0.1) is 12.5 Å². The van der Waals surface area contributed by atoms with Crippen molar-refractivity contribution in [1.82, 2.24) is 0 Å². The summed E-state index contributed by atoms with van der Waals surface area (Å²) in [5, 5.41) is 0.627. The third-order valence-electron chi connectivity index (χ3n) is 3.70. The summed E-state index contributed by atoms with van der Waals surface area (Å²) < 4.78 is 11.2. The van der Waals surface area contributed by atoms with Crippen molar-refractivity contribution in [3.05, 3.63) is 39.7 Å². The predicted molar refractivity (Wildman–Crippen MR) is 70.2 cm³/mol. The minimum atomic E-state index is 0.108.